The molecule has 0 spiro atoms. The summed E-state index contributed by atoms with van der Waals surface area (Å²) < 4.78 is 10.5. The summed E-state index contributed by atoms with van der Waals surface area (Å²) in [6.07, 6.45) is -0.473. The van der Waals surface area contributed by atoms with Crippen LogP contribution in [0, 0.1) is 10.8 Å². The Morgan fingerprint density at radius 2 is 1.64 bits per heavy atom. The molecule has 84 valence electrons. The van der Waals surface area contributed by atoms with Gasteiger partial charge in [0.15, 0.2) is 0 Å². The van der Waals surface area contributed by atoms with Gasteiger partial charge in [-0.25, -0.2) is 0 Å². The minimum atomic E-state index is -0.473. The maximum atomic E-state index is 10.3. The first kappa shape index (κ1) is 13.4. The Hall–Kier alpha value is -0.570. The van der Waals surface area contributed by atoms with E-state index in [1.165, 1.54) is 0 Å². The third kappa shape index (κ3) is 5.97. The highest BCUT2D eigenvalue weighted by Crippen LogP contribution is 2.25. The highest BCUT2D eigenvalue weighted by molar-refractivity contribution is 5.37. The maximum Gasteiger partial charge on any atom is 0.295 e. The first-order chi connectivity index (χ1) is 6.17. The molecule has 0 bridgehead atoms. The molecule has 0 aromatic carbocycles. The third-order valence-corrected chi connectivity index (χ3v) is 1.55. The van der Waals surface area contributed by atoms with E-state index in [0.29, 0.717) is 13.1 Å². The molecule has 0 aromatic rings. The molecule has 1 atom stereocenters. The number of hydrogen-bond acceptors (Lipinski definition) is 3. The van der Waals surface area contributed by atoms with Crippen molar-refractivity contribution in [1.29, 1.82) is 0 Å². The molecule has 0 aliphatic heterocycles. The van der Waals surface area contributed by atoms with Gasteiger partial charge in [0.25, 0.3) is 6.47 Å². The third-order valence-electron chi connectivity index (χ3n) is 1.55. The number of carbonyl (C=O) groups is 1. The van der Waals surface area contributed by atoms with Crippen molar-refractivity contribution in [1.82, 2.24) is 0 Å². The van der Waals surface area contributed by atoms with Crippen LogP contribution in [0.1, 0.15) is 41.5 Å². The number of carbonyl (C=O) groups excluding carboxylic acids is 1. The van der Waals surface area contributed by atoms with Gasteiger partial charge >= 0.3 is 0 Å². The fourth-order valence-corrected chi connectivity index (χ4v) is 0.870. The van der Waals surface area contributed by atoms with Crippen LogP contribution in [-0.2, 0) is 14.3 Å². The van der Waals surface area contributed by atoms with Crippen LogP contribution in [0.2, 0.25) is 0 Å². The molecule has 1 unspecified atom stereocenters. The molecule has 0 aliphatic rings. The van der Waals surface area contributed by atoms with E-state index in [4.69, 9.17) is 9.47 Å². The Morgan fingerprint density at radius 1 is 1.14 bits per heavy atom. The lowest BCUT2D eigenvalue weighted by Crippen LogP contribution is -2.34. The summed E-state index contributed by atoms with van der Waals surface area (Å²) in [5, 5.41) is 0. The van der Waals surface area contributed by atoms with Crippen molar-refractivity contribution < 1.29 is 14.3 Å². The zero-order valence-corrected chi connectivity index (χ0v) is 10.1. The molecule has 0 saturated heterocycles. The van der Waals surface area contributed by atoms with Gasteiger partial charge in [-0.2, -0.15) is 0 Å². The smallest absolute Gasteiger partial charge is 0.295 e. The fraction of sp³-hybridized carbons (Fsp3) is 0.909. The highest BCUT2D eigenvalue weighted by Gasteiger charge is 2.28. The monoisotopic (exact) mass is 202 g/mol. The Kier molecular flexibility index (Phi) is 4.59. The van der Waals surface area contributed by atoms with E-state index >= 15 is 0 Å². The van der Waals surface area contributed by atoms with E-state index in [1.807, 2.05) is 20.8 Å². The van der Waals surface area contributed by atoms with Crippen molar-refractivity contribution in [3.05, 3.63) is 0 Å². The van der Waals surface area contributed by atoms with Crippen LogP contribution < -0.4 is 0 Å². The van der Waals surface area contributed by atoms with E-state index in [2.05, 4.69) is 20.8 Å². The summed E-state index contributed by atoms with van der Waals surface area (Å²) in [7, 11) is 0. The highest BCUT2D eigenvalue weighted by atomic mass is 16.7. The van der Waals surface area contributed by atoms with Gasteiger partial charge in [-0.1, -0.05) is 41.5 Å². The number of rotatable bonds is 4. The summed E-state index contributed by atoms with van der Waals surface area (Å²) >= 11 is 0. The molecule has 3 heteroatoms. The lowest BCUT2D eigenvalue weighted by molar-refractivity contribution is -0.198. The Labute approximate surface area is 86.8 Å². The predicted molar refractivity (Wildman–Crippen MR) is 55.8 cm³/mol. The van der Waals surface area contributed by atoms with Gasteiger partial charge in [0, 0.05) is 5.41 Å². The fourth-order valence-electron chi connectivity index (χ4n) is 0.870. The summed E-state index contributed by atoms with van der Waals surface area (Å²) in [4.78, 5) is 10.3. The normalized spacial score (nSPS) is 15.0. The van der Waals surface area contributed by atoms with Gasteiger partial charge in [0.2, 0.25) is 6.29 Å². The van der Waals surface area contributed by atoms with Gasteiger partial charge in [-0.05, 0) is 5.41 Å². The van der Waals surface area contributed by atoms with Crippen molar-refractivity contribution in [2.75, 3.05) is 6.61 Å². The molecule has 0 fully saturated rings. The van der Waals surface area contributed by atoms with Crippen LogP contribution in [0.3, 0.4) is 0 Å². The van der Waals surface area contributed by atoms with Crippen LogP contribution in [0.4, 0.5) is 0 Å². The Bertz CT molecular complexity index is 174. The zero-order chi connectivity index (χ0) is 11.4. The van der Waals surface area contributed by atoms with Crippen LogP contribution in [-0.4, -0.2) is 19.4 Å². The topological polar surface area (TPSA) is 35.5 Å². The molecule has 14 heavy (non-hydrogen) atoms. The van der Waals surface area contributed by atoms with Gasteiger partial charge in [0.1, 0.15) is 0 Å². The van der Waals surface area contributed by atoms with Crippen LogP contribution in [0.25, 0.3) is 0 Å². The second-order valence-corrected chi connectivity index (χ2v) is 5.80. The molecule has 0 rings (SSSR count). The van der Waals surface area contributed by atoms with E-state index in [9.17, 15) is 4.79 Å². The van der Waals surface area contributed by atoms with Crippen molar-refractivity contribution in [3.8, 4) is 0 Å². The molecular formula is C11H22O3. The quantitative estimate of drug-likeness (QED) is 0.519. The maximum absolute atomic E-state index is 10.3. The summed E-state index contributed by atoms with van der Waals surface area (Å²) in [5.41, 5.74) is -0.109. The molecule has 0 aromatic heterocycles. The minimum Gasteiger partial charge on any atom is -0.437 e. The lowest BCUT2D eigenvalue weighted by Gasteiger charge is -2.31. The molecule has 0 radical (unpaired) electrons. The van der Waals surface area contributed by atoms with E-state index < -0.39 is 6.29 Å². The summed E-state index contributed by atoms with van der Waals surface area (Å²) in [6.45, 7) is 13.2. The summed E-state index contributed by atoms with van der Waals surface area (Å²) in [5.74, 6) is 0. The molecule has 0 heterocycles. The Morgan fingerprint density at radius 3 is 1.93 bits per heavy atom. The largest absolute Gasteiger partial charge is 0.437 e. The minimum absolute atomic E-state index is 0.0791. The molecule has 0 amide bonds. The van der Waals surface area contributed by atoms with Crippen molar-refractivity contribution in [2.24, 2.45) is 10.8 Å². The average molecular weight is 202 g/mol. The van der Waals surface area contributed by atoms with Gasteiger partial charge in [-0.15, -0.1) is 0 Å². The van der Waals surface area contributed by atoms with Crippen molar-refractivity contribution >= 4 is 6.47 Å². The van der Waals surface area contributed by atoms with Crippen LogP contribution in [0.5, 0.6) is 0 Å². The molecular weight excluding hydrogens is 180 g/mol. The van der Waals surface area contributed by atoms with E-state index in [-0.39, 0.29) is 10.8 Å². The number of ether oxygens (including phenoxy) is 2. The van der Waals surface area contributed by atoms with E-state index in [1.54, 1.807) is 0 Å². The molecule has 0 N–H and O–H groups in total. The first-order valence-electron chi connectivity index (χ1n) is 4.87. The summed E-state index contributed by atoms with van der Waals surface area (Å²) in [6, 6.07) is 0. The SMILES string of the molecule is CC(C)(C)COC(OC=O)C(C)(C)C. The molecule has 0 aliphatic carbocycles. The standard InChI is InChI=1S/C11H22O3/c1-10(2,3)7-13-9(14-8-12)11(4,5)6/h8-9H,7H2,1-6H3. The predicted octanol–water partition coefficient (Wildman–Crippen LogP) is 2.59. The average Bonchev–Trinajstić information content (AvgIpc) is 1.93. The van der Waals surface area contributed by atoms with Crippen LogP contribution in [0.15, 0.2) is 0 Å². The molecule has 0 saturated carbocycles. The van der Waals surface area contributed by atoms with Gasteiger partial charge < -0.3 is 9.47 Å². The zero-order valence-electron chi connectivity index (χ0n) is 10.1. The lowest BCUT2D eigenvalue weighted by atomic mass is 9.95. The Balaban J connectivity index is 4.18. The molecule has 3 nitrogen and oxygen atoms in total. The van der Waals surface area contributed by atoms with Crippen molar-refractivity contribution in [2.45, 2.75) is 47.8 Å². The second kappa shape index (κ2) is 4.78. The van der Waals surface area contributed by atoms with Crippen molar-refractivity contribution in [3.63, 3.8) is 0 Å². The van der Waals surface area contributed by atoms with E-state index in [0.717, 1.165) is 0 Å². The van der Waals surface area contributed by atoms with Gasteiger partial charge in [0.05, 0.1) is 6.61 Å². The van der Waals surface area contributed by atoms with Gasteiger partial charge in [-0.3, -0.25) is 4.79 Å². The van der Waals surface area contributed by atoms with Crippen LogP contribution >= 0.6 is 0 Å². The number of hydrogen-bond donors (Lipinski definition) is 0. The second-order valence-electron chi connectivity index (χ2n) is 5.80. The first-order valence-corrected chi connectivity index (χ1v) is 4.87.